The molecule has 0 spiro atoms. The van der Waals surface area contributed by atoms with Crippen LogP contribution in [-0.2, 0) is 4.79 Å². The van der Waals surface area contributed by atoms with E-state index in [0.717, 1.165) is 4.21 Å². The van der Waals surface area contributed by atoms with Gasteiger partial charge in [0.25, 0.3) is 0 Å². The van der Waals surface area contributed by atoms with E-state index >= 15 is 0 Å². The third-order valence-corrected chi connectivity index (χ3v) is 4.24. The molecule has 1 amide bonds. The number of thioether (sulfide) groups is 1. The molecule has 0 aromatic carbocycles. The Morgan fingerprint density at radius 3 is 2.87 bits per heavy atom. The molecule has 0 atom stereocenters. The molecule has 0 aliphatic carbocycles. The highest BCUT2D eigenvalue weighted by atomic mass is 32.2. The van der Waals surface area contributed by atoms with Crippen molar-refractivity contribution in [2.75, 3.05) is 23.4 Å². The second-order valence-corrected chi connectivity index (χ2v) is 4.98. The van der Waals surface area contributed by atoms with E-state index in [1.54, 1.807) is 0 Å². The summed E-state index contributed by atoms with van der Waals surface area (Å²) >= 11 is 2.60. The van der Waals surface area contributed by atoms with E-state index in [0.29, 0.717) is 11.4 Å². The summed E-state index contributed by atoms with van der Waals surface area (Å²) in [5.41, 5.74) is 1.12. The molecule has 0 saturated carbocycles. The number of fused-ring (bicyclic) bond motifs is 1. The lowest BCUT2D eigenvalue weighted by Crippen LogP contribution is -2.27. The summed E-state index contributed by atoms with van der Waals surface area (Å²) in [6, 6.07) is 0. The van der Waals surface area contributed by atoms with Crippen molar-refractivity contribution in [2.45, 2.75) is 4.21 Å². The van der Waals surface area contributed by atoms with E-state index < -0.39 is 5.97 Å². The van der Waals surface area contributed by atoms with Gasteiger partial charge in [0.05, 0.1) is 22.1 Å². The summed E-state index contributed by atoms with van der Waals surface area (Å²) in [7, 11) is 0. The fourth-order valence-electron chi connectivity index (χ4n) is 1.34. The van der Waals surface area contributed by atoms with Crippen LogP contribution >= 0.6 is 23.1 Å². The lowest BCUT2D eigenvalue weighted by molar-refractivity contribution is -0.114. The zero-order valence-corrected chi connectivity index (χ0v) is 9.42. The largest absolute Gasteiger partial charge is 0.477 e. The maximum Gasteiger partial charge on any atom is 0.348 e. The number of hydrogen-bond donors (Lipinski definition) is 3. The van der Waals surface area contributed by atoms with Crippen LogP contribution in [0.1, 0.15) is 9.67 Å². The Kier molecular flexibility index (Phi) is 2.57. The van der Waals surface area contributed by atoms with E-state index in [-0.39, 0.29) is 17.3 Å². The second-order valence-electron chi connectivity index (χ2n) is 2.88. The van der Waals surface area contributed by atoms with Crippen LogP contribution in [0.2, 0.25) is 0 Å². The summed E-state index contributed by atoms with van der Waals surface area (Å²) in [6.07, 6.45) is 1.85. The van der Waals surface area contributed by atoms with Crippen LogP contribution in [0.5, 0.6) is 0 Å². The molecular weight excluding hydrogens is 236 g/mol. The minimum atomic E-state index is -0.972. The van der Waals surface area contributed by atoms with Crippen molar-refractivity contribution in [2.24, 2.45) is 0 Å². The van der Waals surface area contributed by atoms with Crippen molar-refractivity contribution in [3.8, 4) is 0 Å². The third kappa shape index (κ3) is 1.68. The normalized spacial score (nSPS) is 14.1. The molecule has 7 heteroatoms. The molecule has 0 radical (unpaired) electrons. The Morgan fingerprint density at radius 2 is 2.27 bits per heavy atom. The standard InChI is InChI=1S/C8H8N2O3S2/c1-14-8-5-4(6(15-8)7(12)13)9-2-3(11)10-5/h9H,2H2,1H3,(H,10,11)(H,12,13). The van der Waals surface area contributed by atoms with Gasteiger partial charge in [-0.1, -0.05) is 0 Å². The van der Waals surface area contributed by atoms with Crippen molar-refractivity contribution in [1.82, 2.24) is 0 Å². The van der Waals surface area contributed by atoms with Gasteiger partial charge < -0.3 is 15.7 Å². The lowest BCUT2D eigenvalue weighted by atomic mass is 10.3. The van der Waals surface area contributed by atoms with Gasteiger partial charge in [0, 0.05) is 0 Å². The van der Waals surface area contributed by atoms with Crippen LogP contribution in [0, 0.1) is 0 Å². The fraction of sp³-hybridized carbons (Fsp3) is 0.250. The first-order valence-corrected chi connectivity index (χ1v) is 6.15. The number of carboxylic acids is 1. The monoisotopic (exact) mass is 244 g/mol. The number of carbonyl (C=O) groups is 2. The van der Waals surface area contributed by atoms with Gasteiger partial charge in [-0.25, -0.2) is 4.79 Å². The van der Waals surface area contributed by atoms with Gasteiger partial charge in [0.1, 0.15) is 4.88 Å². The Balaban J connectivity index is 2.54. The van der Waals surface area contributed by atoms with Gasteiger partial charge in [0.2, 0.25) is 5.91 Å². The molecule has 1 aliphatic rings. The highest BCUT2D eigenvalue weighted by Crippen LogP contribution is 2.44. The predicted molar refractivity (Wildman–Crippen MR) is 60.2 cm³/mol. The number of rotatable bonds is 2. The minimum absolute atomic E-state index is 0.123. The summed E-state index contributed by atoms with van der Waals surface area (Å²) in [5, 5.41) is 14.5. The van der Waals surface area contributed by atoms with Crippen molar-refractivity contribution in [1.29, 1.82) is 0 Å². The average Bonchev–Trinajstić information content (AvgIpc) is 2.55. The Hall–Kier alpha value is -1.21. The zero-order chi connectivity index (χ0) is 11.0. The van der Waals surface area contributed by atoms with Crippen LogP contribution in [-0.4, -0.2) is 29.8 Å². The Morgan fingerprint density at radius 1 is 1.53 bits per heavy atom. The van der Waals surface area contributed by atoms with Crippen molar-refractivity contribution >= 4 is 46.3 Å². The molecule has 80 valence electrons. The number of carbonyl (C=O) groups excluding carboxylic acids is 1. The maximum absolute atomic E-state index is 11.1. The van der Waals surface area contributed by atoms with E-state index in [1.165, 1.54) is 23.1 Å². The molecule has 1 aromatic heterocycles. The molecule has 15 heavy (non-hydrogen) atoms. The third-order valence-electron chi connectivity index (χ3n) is 1.95. The molecule has 3 N–H and O–H groups in total. The highest BCUT2D eigenvalue weighted by molar-refractivity contribution is 8.00. The number of anilines is 2. The summed E-state index contributed by atoms with van der Waals surface area (Å²) in [6.45, 7) is 0.123. The van der Waals surface area contributed by atoms with Crippen LogP contribution < -0.4 is 10.6 Å². The van der Waals surface area contributed by atoms with E-state index in [4.69, 9.17) is 5.11 Å². The highest BCUT2D eigenvalue weighted by Gasteiger charge is 2.26. The second kappa shape index (κ2) is 3.74. The van der Waals surface area contributed by atoms with Crippen LogP contribution in [0.25, 0.3) is 0 Å². The van der Waals surface area contributed by atoms with Gasteiger partial charge in [-0.2, -0.15) is 0 Å². The average molecular weight is 244 g/mol. The van der Waals surface area contributed by atoms with Gasteiger partial charge >= 0.3 is 5.97 Å². The summed E-state index contributed by atoms with van der Waals surface area (Å²) < 4.78 is 0.808. The van der Waals surface area contributed by atoms with E-state index in [1.807, 2.05) is 6.26 Å². The van der Waals surface area contributed by atoms with Gasteiger partial charge in [0.15, 0.2) is 0 Å². The number of amides is 1. The van der Waals surface area contributed by atoms with Gasteiger partial charge in [-0.05, 0) is 6.26 Å². The Bertz CT molecular complexity index is 441. The molecule has 2 rings (SSSR count). The molecule has 2 heterocycles. The first kappa shape index (κ1) is 10.3. The Labute approximate surface area is 93.9 Å². The molecular formula is C8H8N2O3S2. The van der Waals surface area contributed by atoms with E-state index in [2.05, 4.69) is 10.6 Å². The maximum atomic E-state index is 11.1. The smallest absolute Gasteiger partial charge is 0.348 e. The van der Waals surface area contributed by atoms with Crippen molar-refractivity contribution in [3.63, 3.8) is 0 Å². The number of carboxylic acid groups (broad SMARTS) is 1. The number of aromatic carboxylic acids is 1. The molecule has 0 fully saturated rings. The quantitative estimate of drug-likeness (QED) is 0.688. The lowest BCUT2D eigenvalue weighted by Gasteiger charge is -2.16. The molecule has 0 unspecified atom stereocenters. The predicted octanol–water partition coefficient (Wildman–Crippen LogP) is 1.53. The first-order valence-electron chi connectivity index (χ1n) is 4.11. The number of thiophene rings is 1. The van der Waals surface area contributed by atoms with Crippen LogP contribution in [0.15, 0.2) is 4.21 Å². The SMILES string of the molecule is CSc1sc(C(=O)O)c2c1NC(=O)CN2. The van der Waals surface area contributed by atoms with Gasteiger partial charge in [-0.15, -0.1) is 23.1 Å². The molecule has 1 aromatic rings. The van der Waals surface area contributed by atoms with Crippen LogP contribution in [0.4, 0.5) is 11.4 Å². The number of hydrogen-bond acceptors (Lipinski definition) is 5. The molecule has 0 bridgehead atoms. The van der Waals surface area contributed by atoms with Crippen molar-refractivity contribution in [3.05, 3.63) is 4.88 Å². The molecule has 0 saturated heterocycles. The first-order chi connectivity index (χ1) is 7.13. The molecule has 1 aliphatic heterocycles. The van der Waals surface area contributed by atoms with Gasteiger partial charge in [-0.3, -0.25) is 4.79 Å². The summed E-state index contributed by atoms with van der Waals surface area (Å²) in [4.78, 5) is 22.3. The zero-order valence-electron chi connectivity index (χ0n) is 7.79. The number of nitrogens with one attached hydrogen (secondary N) is 2. The summed E-state index contributed by atoms with van der Waals surface area (Å²) in [5.74, 6) is -1.12. The fourth-order valence-corrected chi connectivity index (χ4v) is 3.08. The molecule has 5 nitrogen and oxygen atoms in total. The van der Waals surface area contributed by atoms with Crippen LogP contribution in [0.3, 0.4) is 0 Å². The van der Waals surface area contributed by atoms with Crippen molar-refractivity contribution < 1.29 is 14.7 Å². The minimum Gasteiger partial charge on any atom is -0.477 e. The topological polar surface area (TPSA) is 78.4 Å². The van der Waals surface area contributed by atoms with E-state index in [9.17, 15) is 9.59 Å².